The van der Waals surface area contributed by atoms with E-state index in [2.05, 4.69) is 0 Å². The number of carbonyl (C=O) groups excluding carboxylic acids is 1. The Morgan fingerprint density at radius 2 is 1.87 bits per heavy atom. The highest BCUT2D eigenvalue weighted by atomic mass is 16.4. The molecule has 0 fully saturated rings. The summed E-state index contributed by atoms with van der Waals surface area (Å²) in [7, 11) is 1.57. The van der Waals surface area contributed by atoms with Crippen LogP contribution >= 0.6 is 0 Å². The monoisotopic (exact) mass is 218 g/mol. The summed E-state index contributed by atoms with van der Waals surface area (Å²) in [6.07, 6.45) is -0.0630. The fourth-order valence-electron chi connectivity index (χ4n) is 1.11. The van der Waals surface area contributed by atoms with E-state index in [0.29, 0.717) is 6.54 Å². The zero-order chi connectivity index (χ0) is 11.8. The Kier molecular flexibility index (Phi) is 6.44. The molecule has 15 heavy (non-hydrogen) atoms. The molecule has 6 nitrogen and oxygen atoms in total. The van der Waals surface area contributed by atoms with Gasteiger partial charge in [0.15, 0.2) is 0 Å². The SMILES string of the molecule is CCN(CCC(=O)O)C(=O)N(C)CCO. The maximum atomic E-state index is 11.6. The van der Waals surface area contributed by atoms with Gasteiger partial charge in [0.2, 0.25) is 0 Å². The highest BCUT2D eigenvalue weighted by Gasteiger charge is 2.16. The van der Waals surface area contributed by atoms with Gasteiger partial charge in [0.1, 0.15) is 0 Å². The van der Waals surface area contributed by atoms with Gasteiger partial charge in [0, 0.05) is 26.7 Å². The van der Waals surface area contributed by atoms with Crippen molar-refractivity contribution in [1.82, 2.24) is 9.80 Å². The Balaban J connectivity index is 4.14. The molecular weight excluding hydrogens is 200 g/mol. The summed E-state index contributed by atoms with van der Waals surface area (Å²) in [5.41, 5.74) is 0. The number of aliphatic hydroxyl groups is 1. The first-order valence-electron chi connectivity index (χ1n) is 4.85. The van der Waals surface area contributed by atoms with Crippen molar-refractivity contribution < 1.29 is 19.8 Å². The predicted molar refractivity (Wildman–Crippen MR) is 54.6 cm³/mol. The first-order valence-corrected chi connectivity index (χ1v) is 4.85. The van der Waals surface area contributed by atoms with E-state index < -0.39 is 5.97 Å². The summed E-state index contributed by atoms with van der Waals surface area (Å²) in [6.45, 7) is 2.59. The average Bonchev–Trinajstić information content (AvgIpc) is 2.18. The van der Waals surface area contributed by atoms with E-state index in [4.69, 9.17) is 10.2 Å². The number of carbonyl (C=O) groups is 2. The fraction of sp³-hybridized carbons (Fsp3) is 0.778. The largest absolute Gasteiger partial charge is 0.481 e. The average molecular weight is 218 g/mol. The van der Waals surface area contributed by atoms with Gasteiger partial charge in [0.25, 0.3) is 0 Å². The zero-order valence-electron chi connectivity index (χ0n) is 9.14. The first-order chi connectivity index (χ1) is 7.02. The highest BCUT2D eigenvalue weighted by molar-refractivity contribution is 5.75. The lowest BCUT2D eigenvalue weighted by atomic mass is 10.4. The van der Waals surface area contributed by atoms with E-state index in [1.54, 1.807) is 14.0 Å². The molecule has 0 radical (unpaired) electrons. The molecule has 0 aliphatic rings. The Labute approximate surface area is 89.1 Å². The molecule has 0 saturated carbocycles. The van der Waals surface area contributed by atoms with E-state index in [1.807, 2.05) is 0 Å². The maximum Gasteiger partial charge on any atom is 0.319 e. The number of hydrogen-bond acceptors (Lipinski definition) is 3. The smallest absolute Gasteiger partial charge is 0.319 e. The lowest BCUT2D eigenvalue weighted by Gasteiger charge is -2.26. The van der Waals surface area contributed by atoms with Gasteiger partial charge in [-0.2, -0.15) is 0 Å². The van der Waals surface area contributed by atoms with Crippen molar-refractivity contribution in [3.63, 3.8) is 0 Å². The number of carboxylic acids is 1. The maximum absolute atomic E-state index is 11.6. The van der Waals surface area contributed by atoms with Gasteiger partial charge in [-0.15, -0.1) is 0 Å². The second kappa shape index (κ2) is 7.05. The van der Waals surface area contributed by atoms with Crippen LogP contribution < -0.4 is 0 Å². The van der Waals surface area contributed by atoms with Crippen molar-refractivity contribution in [1.29, 1.82) is 0 Å². The highest BCUT2D eigenvalue weighted by Crippen LogP contribution is 1.98. The molecule has 0 bridgehead atoms. The molecule has 0 aliphatic carbocycles. The summed E-state index contributed by atoms with van der Waals surface area (Å²) in [5, 5.41) is 17.1. The molecule has 0 saturated heterocycles. The molecule has 0 aromatic heterocycles. The summed E-state index contributed by atoms with van der Waals surface area (Å²) < 4.78 is 0. The van der Waals surface area contributed by atoms with Crippen LogP contribution in [-0.2, 0) is 4.79 Å². The molecule has 0 atom stereocenters. The molecule has 0 heterocycles. The number of rotatable bonds is 6. The third-order valence-corrected chi connectivity index (χ3v) is 2.01. The molecule has 0 aliphatic heterocycles. The van der Waals surface area contributed by atoms with E-state index in [-0.39, 0.29) is 32.1 Å². The second-order valence-electron chi connectivity index (χ2n) is 3.15. The number of aliphatic hydroxyl groups excluding tert-OH is 1. The number of aliphatic carboxylic acids is 1. The Hall–Kier alpha value is -1.30. The third kappa shape index (κ3) is 5.21. The number of carboxylic acid groups (broad SMARTS) is 1. The molecule has 0 aromatic rings. The van der Waals surface area contributed by atoms with E-state index in [9.17, 15) is 9.59 Å². The van der Waals surface area contributed by atoms with Crippen LogP contribution in [0.15, 0.2) is 0 Å². The molecule has 2 N–H and O–H groups in total. The summed E-state index contributed by atoms with van der Waals surface area (Å²) in [6, 6.07) is -0.257. The van der Waals surface area contributed by atoms with Crippen molar-refractivity contribution in [2.45, 2.75) is 13.3 Å². The second-order valence-corrected chi connectivity index (χ2v) is 3.15. The number of hydrogen-bond donors (Lipinski definition) is 2. The number of amides is 2. The number of urea groups is 1. The van der Waals surface area contributed by atoms with Crippen molar-refractivity contribution in [3.8, 4) is 0 Å². The van der Waals surface area contributed by atoms with Crippen LogP contribution in [0.2, 0.25) is 0 Å². The van der Waals surface area contributed by atoms with E-state index in [1.165, 1.54) is 9.80 Å². The minimum Gasteiger partial charge on any atom is -0.481 e. The van der Waals surface area contributed by atoms with Crippen LogP contribution in [0.4, 0.5) is 4.79 Å². The van der Waals surface area contributed by atoms with Crippen molar-refractivity contribution in [2.24, 2.45) is 0 Å². The lowest BCUT2D eigenvalue weighted by Crippen LogP contribution is -2.43. The topological polar surface area (TPSA) is 81.1 Å². The van der Waals surface area contributed by atoms with Crippen LogP contribution in [0.3, 0.4) is 0 Å². The van der Waals surface area contributed by atoms with Crippen LogP contribution in [-0.4, -0.2) is 65.3 Å². The van der Waals surface area contributed by atoms with E-state index >= 15 is 0 Å². The zero-order valence-corrected chi connectivity index (χ0v) is 9.14. The van der Waals surface area contributed by atoms with Crippen molar-refractivity contribution in [3.05, 3.63) is 0 Å². The number of likely N-dealkylation sites (N-methyl/N-ethyl adjacent to an activating group) is 1. The first kappa shape index (κ1) is 13.7. The van der Waals surface area contributed by atoms with E-state index in [0.717, 1.165) is 0 Å². The van der Waals surface area contributed by atoms with Gasteiger partial charge in [-0.05, 0) is 6.92 Å². The standard InChI is InChI=1S/C9H18N2O4/c1-3-11(5-4-8(13)14)9(15)10(2)6-7-12/h12H,3-7H2,1-2H3,(H,13,14). The molecule has 88 valence electrons. The molecule has 6 heteroatoms. The summed E-state index contributed by atoms with van der Waals surface area (Å²) in [4.78, 5) is 24.8. The fourth-order valence-corrected chi connectivity index (χ4v) is 1.11. The van der Waals surface area contributed by atoms with Gasteiger partial charge in [0.05, 0.1) is 13.0 Å². The van der Waals surface area contributed by atoms with Crippen LogP contribution in [0.25, 0.3) is 0 Å². The Morgan fingerprint density at radius 3 is 2.27 bits per heavy atom. The summed E-state index contributed by atoms with van der Waals surface area (Å²) >= 11 is 0. The Bertz CT molecular complexity index is 220. The van der Waals surface area contributed by atoms with Gasteiger partial charge < -0.3 is 20.0 Å². The van der Waals surface area contributed by atoms with Crippen LogP contribution in [0, 0.1) is 0 Å². The van der Waals surface area contributed by atoms with Crippen molar-refractivity contribution in [2.75, 3.05) is 33.3 Å². The summed E-state index contributed by atoms with van der Waals surface area (Å²) in [5.74, 6) is -0.925. The minimum absolute atomic E-state index is 0.0630. The van der Waals surface area contributed by atoms with Crippen molar-refractivity contribution >= 4 is 12.0 Å². The Morgan fingerprint density at radius 1 is 1.27 bits per heavy atom. The molecular formula is C9H18N2O4. The number of nitrogens with zero attached hydrogens (tertiary/aromatic N) is 2. The lowest BCUT2D eigenvalue weighted by molar-refractivity contribution is -0.137. The van der Waals surface area contributed by atoms with Crippen LogP contribution in [0.1, 0.15) is 13.3 Å². The van der Waals surface area contributed by atoms with Crippen LogP contribution in [0.5, 0.6) is 0 Å². The minimum atomic E-state index is -0.925. The molecule has 0 unspecified atom stereocenters. The molecule has 0 spiro atoms. The third-order valence-electron chi connectivity index (χ3n) is 2.01. The normalized spacial score (nSPS) is 9.80. The molecule has 2 amide bonds. The van der Waals surface area contributed by atoms with Gasteiger partial charge in [-0.3, -0.25) is 4.79 Å². The predicted octanol–water partition coefficient (Wildman–Crippen LogP) is -0.173. The molecule has 0 aromatic carbocycles. The quantitative estimate of drug-likeness (QED) is 0.648. The van der Waals surface area contributed by atoms with Gasteiger partial charge in [-0.25, -0.2) is 4.79 Å². The molecule has 0 rings (SSSR count). The van der Waals surface area contributed by atoms with Gasteiger partial charge >= 0.3 is 12.0 Å². The van der Waals surface area contributed by atoms with Gasteiger partial charge in [-0.1, -0.05) is 0 Å².